The highest BCUT2D eigenvalue weighted by Crippen LogP contribution is 2.19. The van der Waals surface area contributed by atoms with E-state index in [1.807, 2.05) is 25.1 Å². The third kappa shape index (κ3) is 5.58. The Balaban J connectivity index is 0.00000243. The highest BCUT2D eigenvalue weighted by atomic mass is 35.5. The van der Waals surface area contributed by atoms with Gasteiger partial charge in [-0.2, -0.15) is 0 Å². The minimum Gasteiger partial charge on any atom is -0.465 e. The van der Waals surface area contributed by atoms with Crippen molar-refractivity contribution in [2.45, 2.75) is 39.0 Å². The van der Waals surface area contributed by atoms with E-state index >= 15 is 0 Å². The van der Waals surface area contributed by atoms with Crippen LogP contribution in [-0.4, -0.2) is 37.1 Å². The molecule has 0 unspecified atom stereocenters. The lowest BCUT2D eigenvalue weighted by atomic mass is 10.1. The monoisotopic (exact) mass is 379 g/mol. The molecule has 1 aromatic heterocycles. The van der Waals surface area contributed by atoms with Crippen LogP contribution in [0.25, 0.3) is 11.0 Å². The number of fused-ring (bicyclic) bond motifs is 1. The van der Waals surface area contributed by atoms with Gasteiger partial charge in [0.15, 0.2) is 0 Å². The van der Waals surface area contributed by atoms with Gasteiger partial charge in [0.25, 0.3) is 0 Å². The molecular formula is C20H26ClNO4. The Hall–Kier alpha value is -1.85. The fourth-order valence-corrected chi connectivity index (χ4v) is 3.35. The first-order valence-corrected chi connectivity index (χ1v) is 9.03. The molecule has 1 fully saturated rings. The number of hydrogen-bond acceptors (Lipinski definition) is 5. The molecular weight excluding hydrogens is 354 g/mol. The van der Waals surface area contributed by atoms with Crippen LogP contribution in [-0.2, 0) is 16.0 Å². The maximum Gasteiger partial charge on any atom is 0.336 e. The molecule has 0 N–H and O–H groups in total. The van der Waals surface area contributed by atoms with Crippen LogP contribution < -0.4 is 5.63 Å². The number of halogens is 1. The fourth-order valence-electron chi connectivity index (χ4n) is 3.35. The van der Waals surface area contributed by atoms with Crippen LogP contribution in [0, 0.1) is 6.92 Å². The molecule has 0 saturated carbocycles. The molecule has 6 heteroatoms. The van der Waals surface area contributed by atoms with Crippen LogP contribution in [0.3, 0.4) is 0 Å². The summed E-state index contributed by atoms with van der Waals surface area (Å²) in [5, 5.41) is 0.787. The summed E-state index contributed by atoms with van der Waals surface area (Å²) in [5.74, 6) is -0.300. The molecule has 1 aromatic carbocycles. The minimum absolute atomic E-state index is 0. The highest BCUT2D eigenvalue weighted by Gasteiger charge is 2.12. The average molecular weight is 380 g/mol. The van der Waals surface area contributed by atoms with Gasteiger partial charge >= 0.3 is 11.6 Å². The molecule has 2 heterocycles. The van der Waals surface area contributed by atoms with Gasteiger partial charge in [-0.1, -0.05) is 18.6 Å². The van der Waals surface area contributed by atoms with Gasteiger partial charge in [0.05, 0.1) is 13.0 Å². The first-order chi connectivity index (χ1) is 12.1. The summed E-state index contributed by atoms with van der Waals surface area (Å²) in [7, 11) is 0. The molecule has 3 rings (SSSR count). The van der Waals surface area contributed by atoms with E-state index in [1.165, 1.54) is 25.3 Å². The SMILES string of the molecule is Cc1ccc2c(CC(=O)OCCCN3CCCCC3)cc(=O)oc2c1.Cl. The molecule has 0 spiro atoms. The first-order valence-electron chi connectivity index (χ1n) is 9.03. The fraction of sp³-hybridized carbons (Fsp3) is 0.500. The topological polar surface area (TPSA) is 59.8 Å². The second-order valence-electron chi connectivity index (χ2n) is 6.74. The lowest BCUT2D eigenvalue weighted by Gasteiger charge is -2.26. The summed E-state index contributed by atoms with van der Waals surface area (Å²) in [6.45, 7) is 5.64. The van der Waals surface area contributed by atoms with Crippen molar-refractivity contribution in [1.29, 1.82) is 0 Å². The molecule has 0 radical (unpaired) electrons. The number of carbonyl (C=O) groups excluding carboxylic acids is 1. The van der Waals surface area contributed by atoms with Crippen molar-refractivity contribution in [3.05, 3.63) is 45.8 Å². The molecule has 1 aliphatic heterocycles. The summed E-state index contributed by atoms with van der Waals surface area (Å²) in [6.07, 6.45) is 4.80. The van der Waals surface area contributed by atoms with Gasteiger partial charge in [-0.05, 0) is 56.5 Å². The van der Waals surface area contributed by atoms with E-state index in [2.05, 4.69) is 4.90 Å². The quantitative estimate of drug-likeness (QED) is 0.437. The van der Waals surface area contributed by atoms with Gasteiger partial charge in [-0.15, -0.1) is 12.4 Å². The van der Waals surface area contributed by atoms with Crippen LogP contribution in [0.4, 0.5) is 0 Å². The number of nitrogens with zero attached hydrogens (tertiary/aromatic N) is 1. The minimum atomic E-state index is -0.439. The molecule has 0 bridgehead atoms. The van der Waals surface area contributed by atoms with E-state index in [9.17, 15) is 9.59 Å². The molecule has 5 nitrogen and oxygen atoms in total. The Morgan fingerprint density at radius 2 is 1.96 bits per heavy atom. The Labute approximate surface area is 159 Å². The Kier molecular flexibility index (Phi) is 7.66. The number of esters is 1. The second-order valence-corrected chi connectivity index (χ2v) is 6.74. The van der Waals surface area contributed by atoms with E-state index < -0.39 is 5.63 Å². The van der Waals surface area contributed by atoms with Crippen molar-refractivity contribution < 1.29 is 13.9 Å². The van der Waals surface area contributed by atoms with Crippen LogP contribution in [0.2, 0.25) is 0 Å². The summed E-state index contributed by atoms with van der Waals surface area (Å²) in [6, 6.07) is 7.01. The van der Waals surface area contributed by atoms with Crippen molar-refractivity contribution in [3.8, 4) is 0 Å². The van der Waals surface area contributed by atoms with E-state index in [0.717, 1.165) is 37.0 Å². The van der Waals surface area contributed by atoms with Gasteiger partial charge in [-0.25, -0.2) is 4.79 Å². The number of benzene rings is 1. The van der Waals surface area contributed by atoms with Crippen molar-refractivity contribution >= 4 is 29.3 Å². The normalized spacial score (nSPS) is 14.8. The number of piperidine rings is 1. The summed E-state index contributed by atoms with van der Waals surface area (Å²) < 4.78 is 10.6. The smallest absolute Gasteiger partial charge is 0.336 e. The van der Waals surface area contributed by atoms with E-state index in [0.29, 0.717) is 17.8 Å². The summed E-state index contributed by atoms with van der Waals surface area (Å²) in [4.78, 5) is 26.3. The molecule has 0 aliphatic carbocycles. The molecule has 0 atom stereocenters. The van der Waals surface area contributed by atoms with Gasteiger partial charge in [0.2, 0.25) is 0 Å². The molecule has 1 saturated heterocycles. The zero-order valence-corrected chi connectivity index (χ0v) is 16.0. The lowest BCUT2D eigenvalue weighted by molar-refractivity contribution is -0.143. The third-order valence-corrected chi connectivity index (χ3v) is 4.65. The van der Waals surface area contributed by atoms with Crippen molar-refractivity contribution in [3.63, 3.8) is 0 Å². The Morgan fingerprint density at radius 1 is 1.19 bits per heavy atom. The average Bonchev–Trinajstić information content (AvgIpc) is 2.59. The molecule has 142 valence electrons. The zero-order chi connectivity index (χ0) is 17.6. The van der Waals surface area contributed by atoms with E-state index in [1.54, 1.807) is 0 Å². The number of rotatable bonds is 6. The standard InChI is InChI=1S/C20H25NO4.ClH/c1-15-6-7-17-16(14-20(23)25-18(17)12-15)13-19(22)24-11-5-10-21-8-3-2-4-9-21;/h6-7,12,14H,2-5,8-11,13H2,1H3;1H. The highest BCUT2D eigenvalue weighted by molar-refractivity contribution is 5.85. The van der Waals surface area contributed by atoms with Crippen LogP contribution in [0.15, 0.2) is 33.5 Å². The summed E-state index contributed by atoms with van der Waals surface area (Å²) in [5.41, 5.74) is 1.74. The zero-order valence-electron chi connectivity index (χ0n) is 15.2. The number of likely N-dealkylation sites (tertiary alicyclic amines) is 1. The predicted octanol–water partition coefficient (Wildman–Crippen LogP) is 3.48. The van der Waals surface area contributed by atoms with Crippen molar-refractivity contribution in [2.24, 2.45) is 0 Å². The lowest BCUT2D eigenvalue weighted by Crippen LogP contribution is -2.31. The number of ether oxygens (including phenoxy) is 1. The van der Waals surface area contributed by atoms with Gasteiger partial charge < -0.3 is 14.1 Å². The third-order valence-electron chi connectivity index (χ3n) is 4.65. The first kappa shape index (κ1) is 20.5. The van der Waals surface area contributed by atoms with Gasteiger partial charge in [-0.3, -0.25) is 4.79 Å². The van der Waals surface area contributed by atoms with Crippen LogP contribution >= 0.6 is 12.4 Å². The maximum atomic E-state index is 12.1. The van der Waals surface area contributed by atoms with Crippen LogP contribution in [0.5, 0.6) is 0 Å². The molecule has 2 aromatic rings. The molecule has 26 heavy (non-hydrogen) atoms. The predicted molar refractivity (Wildman–Crippen MR) is 104 cm³/mol. The second kappa shape index (κ2) is 9.74. The Bertz CT molecular complexity index is 796. The van der Waals surface area contributed by atoms with E-state index in [4.69, 9.17) is 9.15 Å². The molecule has 1 aliphatic rings. The summed E-state index contributed by atoms with van der Waals surface area (Å²) >= 11 is 0. The number of carbonyl (C=O) groups is 1. The van der Waals surface area contributed by atoms with Gasteiger partial charge in [0.1, 0.15) is 5.58 Å². The number of hydrogen-bond donors (Lipinski definition) is 0. The van der Waals surface area contributed by atoms with E-state index in [-0.39, 0.29) is 24.8 Å². The maximum absolute atomic E-state index is 12.1. The Morgan fingerprint density at radius 3 is 2.73 bits per heavy atom. The van der Waals surface area contributed by atoms with Gasteiger partial charge in [0, 0.05) is 18.0 Å². The van der Waals surface area contributed by atoms with Crippen molar-refractivity contribution in [2.75, 3.05) is 26.2 Å². The van der Waals surface area contributed by atoms with Crippen molar-refractivity contribution in [1.82, 2.24) is 4.90 Å². The molecule has 0 amide bonds. The number of aryl methyl sites for hydroxylation is 1. The largest absolute Gasteiger partial charge is 0.465 e. The van der Waals surface area contributed by atoms with Crippen LogP contribution in [0.1, 0.15) is 36.8 Å².